The summed E-state index contributed by atoms with van der Waals surface area (Å²) in [4.78, 5) is 42.9. The average Bonchev–Trinajstić information content (AvgIpc) is 3.39. The molecule has 3 rings (SSSR count). The lowest BCUT2D eigenvalue weighted by Crippen LogP contribution is -2.37. The lowest BCUT2D eigenvalue weighted by Gasteiger charge is -2.26. The van der Waals surface area contributed by atoms with E-state index in [1.807, 2.05) is 31.4 Å². The summed E-state index contributed by atoms with van der Waals surface area (Å²) in [6.45, 7) is 5.15. The fraction of sp³-hybridized carbons (Fsp3) is 0.333. The molecule has 0 saturated heterocycles. The summed E-state index contributed by atoms with van der Waals surface area (Å²) >= 11 is 1.02. The Morgan fingerprint density at radius 2 is 2.11 bits per heavy atom. The minimum atomic E-state index is -0.701. The van der Waals surface area contributed by atoms with E-state index >= 15 is 0 Å². The van der Waals surface area contributed by atoms with Gasteiger partial charge in [0.25, 0.3) is 0 Å². The first kappa shape index (κ1) is 25.6. The van der Waals surface area contributed by atoms with Crippen molar-refractivity contribution in [2.24, 2.45) is 7.05 Å². The van der Waals surface area contributed by atoms with Crippen LogP contribution in [0, 0.1) is 18.3 Å². The number of rotatable bonds is 10. The number of nitrogens with zero attached hydrogens (tertiary/aromatic N) is 5. The number of hydrogen-bond acceptors (Lipinski definition) is 8. The normalized spacial score (nSPS) is 11.5. The number of amides is 2. The zero-order valence-corrected chi connectivity index (χ0v) is 20.7. The molecule has 0 bridgehead atoms. The van der Waals surface area contributed by atoms with Gasteiger partial charge in [-0.25, -0.2) is 9.78 Å². The van der Waals surface area contributed by atoms with Crippen molar-refractivity contribution in [2.45, 2.75) is 45.8 Å². The first-order valence-corrected chi connectivity index (χ1v) is 11.7. The van der Waals surface area contributed by atoms with E-state index in [4.69, 9.17) is 4.74 Å². The maximum atomic E-state index is 12.8. The monoisotopic (exact) mass is 494 g/mol. The molecule has 35 heavy (non-hydrogen) atoms. The molecule has 3 aromatic rings. The number of aryl methyl sites for hydroxylation is 2. The Morgan fingerprint density at radius 3 is 2.74 bits per heavy atom. The molecule has 1 atom stereocenters. The van der Waals surface area contributed by atoms with E-state index in [-0.39, 0.29) is 24.1 Å². The van der Waals surface area contributed by atoms with Crippen LogP contribution in [-0.2, 0) is 21.4 Å². The van der Waals surface area contributed by atoms with Crippen LogP contribution in [0.2, 0.25) is 0 Å². The minimum Gasteiger partial charge on any atom is -0.459 e. The lowest BCUT2D eigenvalue weighted by atomic mass is 10.1. The number of esters is 1. The largest absolute Gasteiger partial charge is 0.459 e. The van der Waals surface area contributed by atoms with Gasteiger partial charge in [-0.1, -0.05) is 23.5 Å². The van der Waals surface area contributed by atoms with Crippen LogP contribution < -0.4 is 10.2 Å². The van der Waals surface area contributed by atoms with Crippen molar-refractivity contribution < 1.29 is 19.1 Å². The van der Waals surface area contributed by atoms with Gasteiger partial charge in [0.2, 0.25) is 12.3 Å². The highest BCUT2D eigenvalue weighted by molar-refractivity contribution is 7.17. The molecule has 11 heteroatoms. The Kier molecular flexibility index (Phi) is 8.33. The van der Waals surface area contributed by atoms with Gasteiger partial charge in [-0.15, -0.1) is 0 Å². The second-order valence-corrected chi connectivity index (χ2v) is 9.12. The van der Waals surface area contributed by atoms with E-state index in [1.165, 1.54) is 4.90 Å². The Hall–Kier alpha value is -4.04. The summed E-state index contributed by atoms with van der Waals surface area (Å²) in [6.07, 6.45) is 3.72. The van der Waals surface area contributed by atoms with Gasteiger partial charge in [0.1, 0.15) is 4.88 Å². The summed E-state index contributed by atoms with van der Waals surface area (Å²) in [5.41, 5.74) is 2.73. The number of carbonyl (C=O) groups is 3. The third-order valence-corrected chi connectivity index (χ3v) is 6.06. The molecular weight excluding hydrogens is 468 g/mol. The zero-order chi connectivity index (χ0) is 25.5. The van der Waals surface area contributed by atoms with Crippen LogP contribution in [0.4, 0.5) is 10.8 Å². The van der Waals surface area contributed by atoms with Crippen molar-refractivity contribution in [1.29, 1.82) is 5.26 Å². The van der Waals surface area contributed by atoms with Gasteiger partial charge in [0.15, 0.2) is 5.13 Å². The van der Waals surface area contributed by atoms with Gasteiger partial charge in [-0.3, -0.25) is 14.3 Å². The van der Waals surface area contributed by atoms with Gasteiger partial charge in [0.05, 0.1) is 36.5 Å². The number of nitrogens with one attached hydrogen (secondary N) is 1. The first-order chi connectivity index (χ1) is 16.7. The van der Waals surface area contributed by atoms with Gasteiger partial charge in [-0.05, 0) is 38.5 Å². The molecule has 2 heterocycles. The number of anilines is 2. The van der Waals surface area contributed by atoms with Crippen LogP contribution >= 0.6 is 11.3 Å². The predicted octanol–water partition coefficient (Wildman–Crippen LogP) is 3.69. The minimum absolute atomic E-state index is 0.0495. The SMILES string of the molecule is Cc1nc(NC(=O)C[C@@H](CC#N)N(C=O)c2cccc(-c3cnn(C)c3)c2)sc1C(=O)OC(C)C. The van der Waals surface area contributed by atoms with Crippen LogP contribution in [0.15, 0.2) is 36.7 Å². The van der Waals surface area contributed by atoms with E-state index in [1.54, 1.807) is 43.8 Å². The standard InChI is InChI=1S/C24H26N6O4S/c1-15(2)34-23(33)22-16(3)27-24(35-22)28-21(32)11-20(8-9-25)30(14-31)19-7-5-6-17(10-19)18-12-26-29(4)13-18/h5-7,10,12-15,20H,8,11H2,1-4H3,(H,27,28,32)/t20-/m1/s1. The summed E-state index contributed by atoms with van der Waals surface area (Å²) in [5.74, 6) is -0.934. The highest BCUT2D eigenvalue weighted by Crippen LogP contribution is 2.27. The average molecular weight is 495 g/mol. The number of nitriles is 1. The summed E-state index contributed by atoms with van der Waals surface area (Å²) in [7, 11) is 1.81. The van der Waals surface area contributed by atoms with Crippen LogP contribution in [0.5, 0.6) is 0 Å². The number of benzene rings is 1. The third-order valence-electron chi connectivity index (χ3n) is 5.01. The van der Waals surface area contributed by atoms with Crippen molar-refractivity contribution in [1.82, 2.24) is 14.8 Å². The molecule has 0 aliphatic heterocycles. The summed E-state index contributed by atoms with van der Waals surface area (Å²) < 4.78 is 6.88. The number of ether oxygens (including phenoxy) is 1. The van der Waals surface area contributed by atoms with Crippen LogP contribution in [0.1, 0.15) is 42.1 Å². The van der Waals surface area contributed by atoms with Gasteiger partial charge < -0.3 is 15.0 Å². The molecule has 10 nitrogen and oxygen atoms in total. The summed E-state index contributed by atoms with van der Waals surface area (Å²) in [5, 5.41) is 16.4. The Bertz CT molecular complexity index is 1260. The van der Waals surface area contributed by atoms with Crippen LogP contribution in [0.25, 0.3) is 11.1 Å². The number of carbonyl (C=O) groups excluding carboxylic acids is 3. The molecule has 2 aromatic heterocycles. The van der Waals surface area contributed by atoms with E-state index in [0.29, 0.717) is 22.7 Å². The quantitative estimate of drug-likeness (QED) is 0.336. The number of thiazole rings is 1. The van der Waals surface area contributed by atoms with Crippen LogP contribution in [0.3, 0.4) is 0 Å². The highest BCUT2D eigenvalue weighted by atomic mass is 32.1. The molecular formula is C24H26N6O4S. The van der Waals surface area contributed by atoms with E-state index in [2.05, 4.69) is 15.4 Å². The second kappa shape index (κ2) is 11.4. The molecule has 0 saturated carbocycles. The van der Waals surface area contributed by atoms with Gasteiger partial charge >= 0.3 is 5.97 Å². The van der Waals surface area contributed by atoms with Crippen molar-refractivity contribution in [3.63, 3.8) is 0 Å². The van der Waals surface area contributed by atoms with Crippen molar-refractivity contribution in [2.75, 3.05) is 10.2 Å². The Morgan fingerprint density at radius 1 is 1.34 bits per heavy atom. The summed E-state index contributed by atoms with van der Waals surface area (Å²) in [6, 6.07) is 8.59. The van der Waals surface area contributed by atoms with Crippen molar-refractivity contribution >= 4 is 40.4 Å². The van der Waals surface area contributed by atoms with E-state index in [0.717, 1.165) is 22.5 Å². The van der Waals surface area contributed by atoms with Crippen molar-refractivity contribution in [3.05, 3.63) is 47.2 Å². The third kappa shape index (κ3) is 6.51. The Balaban J connectivity index is 1.76. The molecule has 0 aliphatic carbocycles. The maximum absolute atomic E-state index is 12.8. The fourth-order valence-electron chi connectivity index (χ4n) is 3.44. The fourth-order valence-corrected chi connectivity index (χ4v) is 4.31. The molecule has 2 amide bonds. The van der Waals surface area contributed by atoms with E-state index < -0.39 is 17.9 Å². The Labute approximate surface area is 207 Å². The molecule has 0 aliphatic rings. The molecule has 1 aromatic carbocycles. The van der Waals surface area contributed by atoms with Crippen molar-refractivity contribution in [3.8, 4) is 17.2 Å². The molecule has 0 unspecified atom stereocenters. The van der Waals surface area contributed by atoms with Gasteiger partial charge in [-0.2, -0.15) is 10.4 Å². The zero-order valence-electron chi connectivity index (χ0n) is 19.9. The molecule has 0 fully saturated rings. The van der Waals surface area contributed by atoms with Gasteiger partial charge in [0, 0.05) is 30.9 Å². The second-order valence-electron chi connectivity index (χ2n) is 8.12. The van der Waals surface area contributed by atoms with Crippen LogP contribution in [-0.4, -0.2) is 45.2 Å². The first-order valence-electron chi connectivity index (χ1n) is 10.9. The lowest BCUT2D eigenvalue weighted by molar-refractivity contribution is -0.116. The predicted molar refractivity (Wildman–Crippen MR) is 132 cm³/mol. The maximum Gasteiger partial charge on any atom is 0.350 e. The number of hydrogen-bond donors (Lipinski definition) is 1. The smallest absolute Gasteiger partial charge is 0.350 e. The van der Waals surface area contributed by atoms with E-state index in [9.17, 15) is 19.6 Å². The topological polar surface area (TPSA) is 130 Å². The highest BCUT2D eigenvalue weighted by Gasteiger charge is 2.24. The number of aromatic nitrogens is 3. The molecule has 182 valence electrons. The molecule has 0 radical (unpaired) electrons. The molecule has 0 spiro atoms. The molecule has 1 N–H and O–H groups in total.